The van der Waals surface area contributed by atoms with Crippen molar-refractivity contribution in [3.63, 3.8) is 0 Å². The summed E-state index contributed by atoms with van der Waals surface area (Å²) in [6.07, 6.45) is 0. The summed E-state index contributed by atoms with van der Waals surface area (Å²) in [6, 6.07) is 10.4. The molecule has 0 aliphatic heterocycles. The van der Waals surface area contributed by atoms with E-state index in [0.29, 0.717) is 21.5 Å². The summed E-state index contributed by atoms with van der Waals surface area (Å²) in [4.78, 5) is 0. The maximum absolute atomic E-state index is 6.34. The summed E-state index contributed by atoms with van der Waals surface area (Å²) in [5, 5.41) is 0.906. The van der Waals surface area contributed by atoms with Gasteiger partial charge in [-0.15, -0.1) is 0 Å². The molecule has 2 aromatic carbocycles. The lowest BCUT2D eigenvalue weighted by atomic mass is 9.97. The van der Waals surface area contributed by atoms with Crippen LogP contribution < -0.4 is 15.2 Å². The molecule has 0 amide bonds. The Morgan fingerprint density at radius 3 is 2.05 bits per heavy atom. The molecular weight excluding hydrogens is 297 g/mol. The zero-order valence-corrected chi connectivity index (χ0v) is 12.7. The molecule has 0 saturated heterocycles. The Morgan fingerprint density at radius 1 is 0.950 bits per heavy atom. The van der Waals surface area contributed by atoms with Gasteiger partial charge in [0.2, 0.25) is 0 Å². The summed E-state index contributed by atoms with van der Waals surface area (Å²) >= 11 is 12.3. The lowest BCUT2D eigenvalue weighted by Gasteiger charge is -2.20. The molecule has 0 aromatic heterocycles. The molecule has 0 heterocycles. The molecule has 1 unspecified atom stereocenters. The quantitative estimate of drug-likeness (QED) is 0.926. The number of halogens is 2. The minimum atomic E-state index is -0.493. The van der Waals surface area contributed by atoms with Crippen LogP contribution in [0, 0.1) is 0 Å². The second kappa shape index (κ2) is 6.35. The zero-order valence-electron chi connectivity index (χ0n) is 11.2. The number of rotatable bonds is 4. The standard InChI is InChI=1S/C15H15Cl2NO2/c1-19-11-7-4-8-12(20-2)13(11)15(18)9-5-3-6-10(16)14(9)17/h3-8,15H,18H2,1-2H3. The monoisotopic (exact) mass is 311 g/mol. The summed E-state index contributed by atoms with van der Waals surface area (Å²) in [7, 11) is 3.18. The number of methoxy groups -OCH3 is 2. The fourth-order valence-corrected chi connectivity index (χ4v) is 2.53. The Morgan fingerprint density at radius 2 is 1.50 bits per heavy atom. The van der Waals surface area contributed by atoms with Gasteiger partial charge in [0, 0.05) is 0 Å². The molecule has 0 saturated carbocycles. The highest BCUT2D eigenvalue weighted by atomic mass is 35.5. The van der Waals surface area contributed by atoms with Gasteiger partial charge < -0.3 is 15.2 Å². The molecule has 2 N–H and O–H groups in total. The van der Waals surface area contributed by atoms with Gasteiger partial charge in [0.1, 0.15) is 11.5 Å². The van der Waals surface area contributed by atoms with Crippen molar-refractivity contribution in [3.05, 3.63) is 57.6 Å². The third kappa shape index (κ3) is 2.70. The minimum absolute atomic E-state index is 0.439. The summed E-state index contributed by atoms with van der Waals surface area (Å²) in [5.74, 6) is 1.29. The first kappa shape index (κ1) is 15.0. The second-order valence-corrected chi connectivity index (χ2v) is 4.98. The van der Waals surface area contributed by atoms with Gasteiger partial charge in [0.15, 0.2) is 0 Å². The fourth-order valence-electron chi connectivity index (χ4n) is 2.10. The van der Waals surface area contributed by atoms with Crippen molar-refractivity contribution >= 4 is 23.2 Å². The first-order valence-corrected chi connectivity index (χ1v) is 6.76. The highest BCUT2D eigenvalue weighted by molar-refractivity contribution is 6.42. The maximum atomic E-state index is 6.34. The van der Waals surface area contributed by atoms with E-state index < -0.39 is 6.04 Å². The predicted octanol–water partition coefficient (Wildman–Crippen LogP) is 4.06. The van der Waals surface area contributed by atoms with E-state index in [1.807, 2.05) is 30.3 Å². The van der Waals surface area contributed by atoms with Crippen LogP contribution in [0.15, 0.2) is 36.4 Å². The number of hydrogen-bond acceptors (Lipinski definition) is 3. The van der Waals surface area contributed by atoms with E-state index >= 15 is 0 Å². The van der Waals surface area contributed by atoms with Gasteiger partial charge in [-0.25, -0.2) is 0 Å². The Hall–Kier alpha value is -1.42. The molecule has 20 heavy (non-hydrogen) atoms. The summed E-state index contributed by atoms with van der Waals surface area (Å²) in [6.45, 7) is 0. The van der Waals surface area contributed by atoms with Gasteiger partial charge in [0.05, 0.1) is 35.9 Å². The third-order valence-electron chi connectivity index (χ3n) is 3.09. The highest BCUT2D eigenvalue weighted by Crippen LogP contribution is 2.39. The molecule has 0 fully saturated rings. The van der Waals surface area contributed by atoms with Crippen LogP contribution in [0.1, 0.15) is 17.2 Å². The minimum Gasteiger partial charge on any atom is -0.496 e. The average Bonchev–Trinajstić information content (AvgIpc) is 2.48. The molecule has 0 aliphatic rings. The number of benzene rings is 2. The van der Waals surface area contributed by atoms with Gasteiger partial charge in [-0.3, -0.25) is 0 Å². The van der Waals surface area contributed by atoms with E-state index in [1.54, 1.807) is 20.3 Å². The van der Waals surface area contributed by atoms with Crippen molar-refractivity contribution in [2.75, 3.05) is 14.2 Å². The SMILES string of the molecule is COc1cccc(OC)c1C(N)c1cccc(Cl)c1Cl. The maximum Gasteiger partial charge on any atom is 0.127 e. The Bertz CT molecular complexity index is 595. The molecule has 2 aromatic rings. The lowest BCUT2D eigenvalue weighted by molar-refractivity contribution is 0.382. The molecule has 3 nitrogen and oxygen atoms in total. The predicted molar refractivity (Wildman–Crippen MR) is 82.0 cm³/mol. The van der Waals surface area contributed by atoms with Crippen LogP contribution in [0.4, 0.5) is 0 Å². The Kier molecular flexibility index (Phi) is 4.76. The van der Waals surface area contributed by atoms with Gasteiger partial charge in [-0.2, -0.15) is 0 Å². The van der Waals surface area contributed by atoms with Crippen LogP contribution in [-0.4, -0.2) is 14.2 Å². The van der Waals surface area contributed by atoms with Gasteiger partial charge in [-0.1, -0.05) is 41.4 Å². The molecule has 5 heteroatoms. The Balaban J connectivity index is 2.58. The zero-order chi connectivity index (χ0) is 14.7. The molecule has 0 radical (unpaired) electrons. The molecule has 0 bridgehead atoms. The topological polar surface area (TPSA) is 44.5 Å². The van der Waals surface area contributed by atoms with Crippen molar-refractivity contribution in [2.24, 2.45) is 5.73 Å². The van der Waals surface area contributed by atoms with Gasteiger partial charge >= 0.3 is 0 Å². The second-order valence-electron chi connectivity index (χ2n) is 4.20. The first-order chi connectivity index (χ1) is 9.60. The summed E-state index contributed by atoms with van der Waals surface area (Å²) < 4.78 is 10.7. The number of hydrogen-bond donors (Lipinski definition) is 1. The van der Waals surface area contributed by atoms with Gasteiger partial charge in [0.25, 0.3) is 0 Å². The van der Waals surface area contributed by atoms with Crippen LogP contribution >= 0.6 is 23.2 Å². The number of ether oxygens (including phenoxy) is 2. The average molecular weight is 312 g/mol. The van der Waals surface area contributed by atoms with Crippen LogP contribution in [0.5, 0.6) is 11.5 Å². The molecule has 1 atom stereocenters. The van der Waals surface area contributed by atoms with Crippen molar-refractivity contribution in [3.8, 4) is 11.5 Å². The first-order valence-electron chi connectivity index (χ1n) is 6.00. The van der Waals surface area contributed by atoms with Crippen molar-refractivity contribution in [1.82, 2.24) is 0 Å². The van der Waals surface area contributed by atoms with E-state index in [-0.39, 0.29) is 0 Å². The molecule has 0 aliphatic carbocycles. The van der Waals surface area contributed by atoms with E-state index in [1.165, 1.54) is 0 Å². The molecule has 106 valence electrons. The Labute approximate surface area is 128 Å². The highest BCUT2D eigenvalue weighted by Gasteiger charge is 2.21. The van der Waals surface area contributed by atoms with Crippen LogP contribution in [0.25, 0.3) is 0 Å². The molecular formula is C15H15Cl2NO2. The molecule has 0 spiro atoms. The van der Waals surface area contributed by atoms with E-state index in [2.05, 4.69) is 0 Å². The normalized spacial score (nSPS) is 12.1. The van der Waals surface area contributed by atoms with Crippen molar-refractivity contribution in [1.29, 1.82) is 0 Å². The van der Waals surface area contributed by atoms with Gasteiger partial charge in [-0.05, 0) is 23.8 Å². The van der Waals surface area contributed by atoms with Crippen molar-refractivity contribution < 1.29 is 9.47 Å². The number of nitrogens with two attached hydrogens (primary N) is 1. The van der Waals surface area contributed by atoms with Crippen LogP contribution in [0.2, 0.25) is 10.0 Å². The van der Waals surface area contributed by atoms with E-state index in [9.17, 15) is 0 Å². The van der Waals surface area contributed by atoms with E-state index in [0.717, 1.165) is 11.1 Å². The van der Waals surface area contributed by atoms with E-state index in [4.69, 9.17) is 38.4 Å². The lowest BCUT2D eigenvalue weighted by Crippen LogP contribution is -2.15. The smallest absolute Gasteiger partial charge is 0.127 e. The largest absolute Gasteiger partial charge is 0.496 e. The van der Waals surface area contributed by atoms with Crippen LogP contribution in [-0.2, 0) is 0 Å². The third-order valence-corrected chi connectivity index (χ3v) is 3.93. The fraction of sp³-hybridized carbons (Fsp3) is 0.200. The molecule has 2 rings (SSSR count). The summed E-state index contributed by atoms with van der Waals surface area (Å²) in [5.41, 5.74) is 7.80. The van der Waals surface area contributed by atoms with Crippen molar-refractivity contribution in [2.45, 2.75) is 6.04 Å². The van der Waals surface area contributed by atoms with Crippen LogP contribution in [0.3, 0.4) is 0 Å².